The number of aryl methyl sites for hydroxylation is 2. The van der Waals surface area contributed by atoms with Crippen LogP contribution in [0.1, 0.15) is 62.9 Å². The maximum Gasteiger partial charge on any atom is 0.272 e. The Morgan fingerprint density at radius 2 is 1.70 bits per heavy atom. The van der Waals surface area contributed by atoms with E-state index >= 15 is 0 Å². The SMILES string of the molecule is CC(=O)NNC(=O)c1c(NC(=O)c2ccccc2C)sc2c1CCCCC2. The molecule has 0 saturated carbocycles. The standard InChI is InChI=1S/C20H23N3O3S/c1-12-8-6-7-9-14(12)18(25)21-20-17(19(26)23-22-13(2)24)15-10-4-3-5-11-16(15)27-20/h6-9H,3-5,10-11H2,1-2H3,(H,21,25)(H,22,24)(H,23,26). The van der Waals surface area contributed by atoms with Crippen molar-refractivity contribution < 1.29 is 14.4 Å². The van der Waals surface area contributed by atoms with Gasteiger partial charge >= 0.3 is 0 Å². The van der Waals surface area contributed by atoms with Crippen LogP contribution in [0.5, 0.6) is 0 Å². The summed E-state index contributed by atoms with van der Waals surface area (Å²) in [5.41, 5.74) is 7.67. The second-order valence-corrected chi connectivity index (χ2v) is 7.78. The molecule has 0 fully saturated rings. The second-order valence-electron chi connectivity index (χ2n) is 6.67. The maximum absolute atomic E-state index is 12.8. The van der Waals surface area contributed by atoms with Crippen LogP contribution in [0.4, 0.5) is 5.00 Å². The number of rotatable bonds is 3. The Balaban J connectivity index is 1.94. The molecule has 1 aliphatic carbocycles. The smallest absolute Gasteiger partial charge is 0.272 e. The fourth-order valence-corrected chi connectivity index (χ4v) is 4.56. The van der Waals surface area contributed by atoms with E-state index in [-0.39, 0.29) is 11.8 Å². The van der Waals surface area contributed by atoms with E-state index in [9.17, 15) is 14.4 Å². The first-order chi connectivity index (χ1) is 13.0. The van der Waals surface area contributed by atoms with E-state index in [0.717, 1.165) is 48.1 Å². The average molecular weight is 385 g/mol. The van der Waals surface area contributed by atoms with Gasteiger partial charge in [0.15, 0.2) is 0 Å². The zero-order valence-electron chi connectivity index (χ0n) is 15.5. The third kappa shape index (κ3) is 4.36. The lowest BCUT2D eigenvalue weighted by atomic mass is 10.0. The maximum atomic E-state index is 12.8. The lowest BCUT2D eigenvalue weighted by molar-refractivity contribution is -0.119. The number of anilines is 1. The van der Waals surface area contributed by atoms with Crippen LogP contribution in [0.25, 0.3) is 0 Å². The predicted molar refractivity (Wildman–Crippen MR) is 106 cm³/mol. The Kier molecular flexibility index (Phi) is 5.91. The van der Waals surface area contributed by atoms with Crippen molar-refractivity contribution in [3.05, 3.63) is 51.4 Å². The quantitative estimate of drug-likeness (QED) is 0.559. The molecule has 0 atom stereocenters. The first kappa shape index (κ1) is 19.1. The highest BCUT2D eigenvalue weighted by Crippen LogP contribution is 2.37. The Hall–Kier alpha value is -2.67. The average Bonchev–Trinajstić information content (AvgIpc) is 2.81. The highest BCUT2D eigenvalue weighted by molar-refractivity contribution is 7.17. The summed E-state index contributed by atoms with van der Waals surface area (Å²) >= 11 is 1.46. The molecule has 7 heteroatoms. The molecule has 0 aliphatic heterocycles. The van der Waals surface area contributed by atoms with Gasteiger partial charge < -0.3 is 5.32 Å². The van der Waals surface area contributed by atoms with Gasteiger partial charge in [0.2, 0.25) is 5.91 Å². The normalized spacial score (nSPS) is 13.3. The first-order valence-corrected chi connectivity index (χ1v) is 9.87. The molecular formula is C20H23N3O3S. The van der Waals surface area contributed by atoms with Gasteiger partial charge in [-0.1, -0.05) is 24.6 Å². The highest BCUT2D eigenvalue weighted by Gasteiger charge is 2.26. The zero-order chi connectivity index (χ0) is 19.4. The van der Waals surface area contributed by atoms with Gasteiger partial charge in [0.1, 0.15) is 5.00 Å². The number of hydrogen-bond donors (Lipinski definition) is 3. The molecule has 0 saturated heterocycles. The van der Waals surface area contributed by atoms with E-state index < -0.39 is 5.91 Å². The Morgan fingerprint density at radius 1 is 0.963 bits per heavy atom. The first-order valence-electron chi connectivity index (χ1n) is 9.06. The fraction of sp³-hybridized carbons (Fsp3) is 0.350. The summed E-state index contributed by atoms with van der Waals surface area (Å²) in [5, 5.41) is 3.46. The third-order valence-corrected chi connectivity index (χ3v) is 5.82. The number of amides is 3. The van der Waals surface area contributed by atoms with Crippen molar-refractivity contribution in [3.8, 4) is 0 Å². The van der Waals surface area contributed by atoms with Crippen LogP contribution in [0.2, 0.25) is 0 Å². The number of carbonyl (C=O) groups is 3. The lowest BCUT2D eigenvalue weighted by Gasteiger charge is -2.11. The summed E-state index contributed by atoms with van der Waals surface area (Å²) in [6.07, 6.45) is 4.91. The number of carbonyl (C=O) groups excluding carboxylic acids is 3. The van der Waals surface area contributed by atoms with Crippen molar-refractivity contribution in [3.63, 3.8) is 0 Å². The topological polar surface area (TPSA) is 87.3 Å². The number of benzene rings is 1. The molecule has 27 heavy (non-hydrogen) atoms. The highest BCUT2D eigenvalue weighted by atomic mass is 32.1. The van der Waals surface area contributed by atoms with E-state index in [1.54, 1.807) is 6.07 Å². The van der Waals surface area contributed by atoms with Gasteiger partial charge in [0.25, 0.3) is 11.8 Å². The molecule has 0 spiro atoms. The molecule has 2 aromatic rings. The minimum Gasteiger partial charge on any atom is -0.313 e. The lowest BCUT2D eigenvalue weighted by Crippen LogP contribution is -2.40. The molecule has 1 aromatic heterocycles. The summed E-state index contributed by atoms with van der Waals surface area (Å²) in [6.45, 7) is 3.21. The van der Waals surface area contributed by atoms with Gasteiger partial charge in [-0.15, -0.1) is 11.3 Å². The fourth-order valence-electron chi connectivity index (χ4n) is 3.28. The minimum atomic E-state index is -0.398. The van der Waals surface area contributed by atoms with Gasteiger partial charge in [-0.05, 0) is 49.8 Å². The summed E-state index contributed by atoms with van der Waals surface area (Å²) < 4.78 is 0. The van der Waals surface area contributed by atoms with E-state index in [2.05, 4.69) is 16.2 Å². The second kappa shape index (κ2) is 8.35. The van der Waals surface area contributed by atoms with Crippen LogP contribution < -0.4 is 16.2 Å². The molecule has 3 amide bonds. The summed E-state index contributed by atoms with van der Waals surface area (Å²) in [5.74, 6) is -0.988. The molecule has 1 aromatic carbocycles. The minimum absolute atomic E-state index is 0.238. The van der Waals surface area contributed by atoms with Gasteiger partial charge in [0.05, 0.1) is 5.56 Å². The Labute approximate surface area is 162 Å². The molecule has 0 unspecified atom stereocenters. The predicted octanol–water partition coefficient (Wildman–Crippen LogP) is 3.36. The van der Waals surface area contributed by atoms with Gasteiger partial charge in [-0.2, -0.15) is 0 Å². The molecule has 3 N–H and O–H groups in total. The largest absolute Gasteiger partial charge is 0.313 e. The molecule has 142 valence electrons. The van der Waals surface area contributed by atoms with Crippen molar-refractivity contribution in [1.29, 1.82) is 0 Å². The molecule has 0 bridgehead atoms. The van der Waals surface area contributed by atoms with Gasteiger partial charge in [0, 0.05) is 17.4 Å². The van der Waals surface area contributed by atoms with Crippen molar-refractivity contribution >= 4 is 34.1 Å². The van der Waals surface area contributed by atoms with Crippen LogP contribution in [0, 0.1) is 6.92 Å². The van der Waals surface area contributed by atoms with E-state index in [0.29, 0.717) is 16.1 Å². The number of nitrogens with one attached hydrogen (secondary N) is 3. The molecule has 6 nitrogen and oxygen atoms in total. The van der Waals surface area contributed by atoms with E-state index in [1.807, 2.05) is 25.1 Å². The van der Waals surface area contributed by atoms with Crippen molar-refractivity contribution in [1.82, 2.24) is 10.9 Å². The Morgan fingerprint density at radius 3 is 2.44 bits per heavy atom. The van der Waals surface area contributed by atoms with Crippen molar-refractivity contribution in [2.24, 2.45) is 0 Å². The van der Waals surface area contributed by atoms with Crippen LogP contribution >= 0.6 is 11.3 Å². The van der Waals surface area contributed by atoms with Crippen LogP contribution in [0.3, 0.4) is 0 Å². The summed E-state index contributed by atoms with van der Waals surface area (Å²) in [4.78, 5) is 37.8. The Bertz CT molecular complexity index is 889. The van der Waals surface area contributed by atoms with Crippen LogP contribution in [0.15, 0.2) is 24.3 Å². The molecule has 1 aliphatic rings. The number of hydrogen-bond acceptors (Lipinski definition) is 4. The number of fused-ring (bicyclic) bond motifs is 1. The summed E-state index contributed by atoms with van der Waals surface area (Å²) in [6, 6.07) is 7.34. The number of hydrazine groups is 1. The van der Waals surface area contributed by atoms with Crippen molar-refractivity contribution in [2.45, 2.75) is 46.0 Å². The molecule has 3 rings (SSSR count). The number of thiophene rings is 1. The molecule has 1 heterocycles. The van der Waals surface area contributed by atoms with Crippen LogP contribution in [-0.4, -0.2) is 17.7 Å². The zero-order valence-corrected chi connectivity index (χ0v) is 16.3. The third-order valence-electron chi connectivity index (χ3n) is 4.62. The monoisotopic (exact) mass is 385 g/mol. The van der Waals surface area contributed by atoms with Gasteiger partial charge in [-0.25, -0.2) is 0 Å². The van der Waals surface area contributed by atoms with E-state index in [4.69, 9.17) is 0 Å². The van der Waals surface area contributed by atoms with Crippen LogP contribution in [-0.2, 0) is 17.6 Å². The summed E-state index contributed by atoms with van der Waals surface area (Å²) in [7, 11) is 0. The molecular weight excluding hydrogens is 362 g/mol. The van der Waals surface area contributed by atoms with Gasteiger partial charge in [-0.3, -0.25) is 25.2 Å². The van der Waals surface area contributed by atoms with Crippen molar-refractivity contribution in [2.75, 3.05) is 5.32 Å². The molecule has 0 radical (unpaired) electrons. The van der Waals surface area contributed by atoms with E-state index in [1.165, 1.54) is 18.3 Å².